The van der Waals surface area contributed by atoms with Crippen LogP contribution in [0.15, 0.2) is 158 Å². The third-order valence-corrected chi connectivity index (χ3v) is 11.3. The van der Waals surface area contributed by atoms with E-state index >= 15 is 0 Å². The van der Waals surface area contributed by atoms with Crippen LogP contribution in [0.25, 0.3) is 76.8 Å². The van der Waals surface area contributed by atoms with E-state index in [0.29, 0.717) is 5.69 Å². The highest BCUT2D eigenvalue weighted by Crippen LogP contribution is 2.41. The maximum absolute atomic E-state index is 13.4. The predicted octanol–water partition coefficient (Wildman–Crippen LogP) is 11.4. The quantitative estimate of drug-likeness (QED) is 0.176. The van der Waals surface area contributed by atoms with Gasteiger partial charge in [0, 0.05) is 11.1 Å². The highest BCUT2D eigenvalue weighted by Gasteiger charge is 2.25. The van der Waals surface area contributed by atoms with Crippen molar-refractivity contribution in [3.8, 4) is 50.2 Å². The van der Waals surface area contributed by atoms with Crippen LogP contribution in [0.2, 0.25) is 0 Å². The lowest BCUT2D eigenvalue weighted by atomic mass is 9.90. The average Bonchev–Trinajstić information content (AvgIpc) is 3.43. The minimum Gasteiger partial charge on any atom is -0.309 e. The number of benzene rings is 7. The summed E-state index contributed by atoms with van der Waals surface area (Å²) < 4.78 is 29.1. The van der Waals surface area contributed by atoms with Crippen molar-refractivity contribution in [3.63, 3.8) is 0 Å². The van der Waals surface area contributed by atoms with Gasteiger partial charge in [-0.3, -0.25) is 0 Å². The van der Waals surface area contributed by atoms with E-state index in [1.165, 1.54) is 0 Å². The van der Waals surface area contributed by atoms with Gasteiger partial charge in [0.1, 0.15) is 0 Å². The van der Waals surface area contributed by atoms with Gasteiger partial charge in [-0.05, 0) is 116 Å². The van der Waals surface area contributed by atoms with Gasteiger partial charge in [-0.2, -0.15) is 0 Å². The monoisotopic (exact) mass is 662 g/mol. The molecule has 0 radical (unpaired) electrons. The molecule has 0 N–H and O–H groups in total. The Kier molecular flexibility index (Phi) is 7.01. The number of hydrogen-bond acceptors (Lipinski definition) is 2. The summed E-state index contributed by atoms with van der Waals surface area (Å²) in [6.45, 7) is 7.58. The van der Waals surface area contributed by atoms with E-state index in [-0.39, 0.29) is 11.5 Å². The maximum atomic E-state index is 13.4. The van der Waals surface area contributed by atoms with E-state index in [0.717, 1.165) is 83.1 Å². The van der Waals surface area contributed by atoms with E-state index in [1.54, 1.807) is 0 Å². The number of hydrogen-bond donors (Lipinski definition) is 0. The zero-order chi connectivity index (χ0) is 33.8. The molecule has 0 aliphatic carbocycles. The molecule has 8 aromatic rings. The van der Waals surface area contributed by atoms with Crippen LogP contribution < -0.4 is 0 Å². The van der Waals surface area contributed by atoms with Crippen molar-refractivity contribution in [1.29, 1.82) is 0 Å². The predicted molar refractivity (Wildman–Crippen MR) is 205 cm³/mol. The van der Waals surface area contributed by atoms with Crippen molar-refractivity contribution in [2.24, 2.45) is 0 Å². The van der Waals surface area contributed by atoms with E-state index in [1.807, 2.05) is 60.7 Å². The standard InChI is InChI=1S/C45H30N2O2S/c1-46-38-19-21-45-43(26-38)40-14-8-9-15-44(40)47(45)39-20-18-34-29-50(48,49)28-33-17-16-32(25-41(33)42(34)27-39)37-23-35(30-10-4-2-5-11-30)22-36(24-37)31-12-6-3-7-13-31/h2-27H,28-29H2. The third kappa shape index (κ3) is 5.18. The van der Waals surface area contributed by atoms with Gasteiger partial charge in [0.05, 0.1) is 29.1 Å². The summed E-state index contributed by atoms with van der Waals surface area (Å²) in [4.78, 5) is 3.68. The van der Waals surface area contributed by atoms with Crippen LogP contribution in [0.5, 0.6) is 0 Å². The maximum Gasteiger partial charge on any atom is 0.188 e. The van der Waals surface area contributed by atoms with Gasteiger partial charge in [0.15, 0.2) is 15.5 Å². The Morgan fingerprint density at radius 2 is 1.04 bits per heavy atom. The number of nitrogens with zero attached hydrogens (tertiary/aromatic N) is 2. The molecule has 0 spiro atoms. The molecule has 0 bridgehead atoms. The Labute approximate surface area is 291 Å². The van der Waals surface area contributed by atoms with Gasteiger partial charge in [0.2, 0.25) is 0 Å². The van der Waals surface area contributed by atoms with Crippen LogP contribution in [0, 0.1) is 6.57 Å². The molecular weight excluding hydrogens is 633 g/mol. The highest BCUT2D eigenvalue weighted by molar-refractivity contribution is 7.89. The second-order valence-electron chi connectivity index (χ2n) is 12.9. The molecule has 4 nitrogen and oxygen atoms in total. The molecule has 0 amide bonds. The first-order valence-corrected chi connectivity index (χ1v) is 18.4. The molecule has 0 unspecified atom stereocenters. The third-order valence-electron chi connectivity index (χ3n) is 9.77. The lowest BCUT2D eigenvalue weighted by Crippen LogP contribution is -2.05. The molecule has 1 aliphatic rings. The van der Waals surface area contributed by atoms with Crippen molar-refractivity contribution in [2.75, 3.05) is 0 Å². The molecule has 0 saturated heterocycles. The molecule has 0 saturated carbocycles. The summed E-state index contributed by atoms with van der Waals surface area (Å²) in [5.74, 6) is -0.0312. The second kappa shape index (κ2) is 11.7. The van der Waals surface area contributed by atoms with Gasteiger partial charge < -0.3 is 4.57 Å². The molecular formula is C45H30N2O2S. The Balaban J connectivity index is 1.26. The van der Waals surface area contributed by atoms with Crippen LogP contribution in [0.4, 0.5) is 5.69 Å². The van der Waals surface area contributed by atoms with E-state index in [9.17, 15) is 8.42 Å². The molecule has 0 atom stereocenters. The van der Waals surface area contributed by atoms with Gasteiger partial charge in [-0.25, -0.2) is 13.3 Å². The lowest BCUT2D eigenvalue weighted by molar-refractivity contribution is 0.595. The lowest BCUT2D eigenvalue weighted by Gasteiger charge is -2.16. The zero-order valence-electron chi connectivity index (χ0n) is 27.0. The fraction of sp³-hybridized carbons (Fsp3) is 0.0444. The average molecular weight is 663 g/mol. The summed E-state index contributed by atoms with van der Waals surface area (Å²) in [5.41, 5.74) is 13.6. The number of sulfone groups is 1. The first-order chi connectivity index (χ1) is 24.4. The van der Waals surface area contributed by atoms with Gasteiger partial charge >= 0.3 is 0 Å². The molecule has 9 rings (SSSR count). The second-order valence-corrected chi connectivity index (χ2v) is 15.0. The van der Waals surface area contributed by atoms with Crippen LogP contribution in [-0.2, 0) is 21.3 Å². The minimum atomic E-state index is -3.39. The molecule has 7 aromatic carbocycles. The Bertz CT molecular complexity index is 2720. The normalized spacial score (nSPS) is 13.3. The fourth-order valence-corrected chi connectivity index (χ4v) is 8.99. The van der Waals surface area contributed by atoms with Crippen LogP contribution in [0.1, 0.15) is 11.1 Å². The Hall–Kier alpha value is -6.22. The fourth-order valence-electron chi connectivity index (χ4n) is 7.44. The summed E-state index contributed by atoms with van der Waals surface area (Å²) in [6.07, 6.45) is 0. The molecule has 0 fully saturated rings. The van der Waals surface area contributed by atoms with Crippen LogP contribution >= 0.6 is 0 Å². The van der Waals surface area contributed by atoms with Gasteiger partial charge in [-0.15, -0.1) is 0 Å². The topological polar surface area (TPSA) is 43.4 Å². The number of para-hydroxylation sites is 1. The minimum absolute atomic E-state index is 0.0132. The van der Waals surface area contributed by atoms with E-state index < -0.39 is 9.84 Å². The van der Waals surface area contributed by atoms with Crippen molar-refractivity contribution in [2.45, 2.75) is 11.5 Å². The van der Waals surface area contributed by atoms with Crippen LogP contribution in [-0.4, -0.2) is 13.0 Å². The van der Waals surface area contributed by atoms with E-state index in [4.69, 9.17) is 6.57 Å². The number of rotatable bonds is 4. The SMILES string of the molecule is [C-]#[N+]c1ccc2c(c1)c1ccccc1n2-c1ccc2c(c1)-c1cc(-c3cc(-c4ccccc4)cc(-c4ccccc4)c3)ccc1CS(=O)(=O)C2. The van der Waals surface area contributed by atoms with E-state index in [2.05, 4.69) is 106 Å². The number of fused-ring (bicyclic) bond motifs is 6. The Morgan fingerprint density at radius 3 is 1.70 bits per heavy atom. The zero-order valence-corrected chi connectivity index (χ0v) is 27.9. The summed E-state index contributed by atoms with van der Waals surface area (Å²) >= 11 is 0. The van der Waals surface area contributed by atoms with Crippen LogP contribution in [0.3, 0.4) is 0 Å². The smallest absolute Gasteiger partial charge is 0.188 e. The molecule has 1 aliphatic heterocycles. The largest absolute Gasteiger partial charge is 0.309 e. The molecule has 238 valence electrons. The van der Waals surface area contributed by atoms with Crippen molar-refractivity contribution in [1.82, 2.24) is 4.57 Å². The van der Waals surface area contributed by atoms with Crippen molar-refractivity contribution in [3.05, 3.63) is 180 Å². The molecule has 5 heteroatoms. The Morgan fingerprint density at radius 1 is 0.480 bits per heavy atom. The van der Waals surface area contributed by atoms with Gasteiger partial charge in [-0.1, -0.05) is 103 Å². The highest BCUT2D eigenvalue weighted by atomic mass is 32.2. The first-order valence-electron chi connectivity index (χ1n) is 16.6. The van der Waals surface area contributed by atoms with Gasteiger partial charge in [0.25, 0.3) is 0 Å². The molecule has 1 aromatic heterocycles. The first kappa shape index (κ1) is 29.9. The summed E-state index contributed by atoms with van der Waals surface area (Å²) in [6, 6.07) is 53.9. The number of aromatic nitrogens is 1. The van der Waals surface area contributed by atoms with Crippen molar-refractivity contribution >= 4 is 37.3 Å². The molecule has 50 heavy (non-hydrogen) atoms. The van der Waals surface area contributed by atoms with Crippen molar-refractivity contribution < 1.29 is 8.42 Å². The summed E-state index contributed by atoms with van der Waals surface area (Å²) in [7, 11) is -3.39. The summed E-state index contributed by atoms with van der Waals surface area (Å²) in [5, 5.41) is 2.09. The molecule has 2 heterocycles.